The molecule has 0 bridgehead atoms. The quantitative estimate of drug-likeness (QED) is 0.308. The summed E-state index contributed by atoms with van der Waals surface area (Å²) in [6.07, 6.45) is 8.09. The molecular weight excluding hydrogens is 548 g/mol. The van der Waals surface area contributed by atoms with Crippen molar-refractivity contribution in [3.05, 3.63) is 52.1 Å². The highest BCUT2D eigenvalue weighted by Crippen LogP contribution is 2.26. The molecule has 3 aliphatic rings. The zero-order chi connectivity index (χ0) is 28.2. The number of benzene rings is 1. The lowest BCUT2D eigenvalue weighted by Gasteiger charge is -2.35. The van der Waals surface area contributed by atoms with E-state index in [0.717, 1.165) is 44.2 Å². The monoisotopic (exact) mass is 588 g/mol. The van der Waals surface area contributed by atoms with E-state index >= 15 is 0 Å². The molecule has 2 unspecified atom stereocenters. The van der Waals surface area contributed by atoms with Gasteiger partial charge in [0.1, 0.15) is 5.82 Å². The maximum Gasteiger partial charge on any atom is 0.354 e. The highest BCUT2D eigenvalue weighted by atomic mass is 35.5. The van der Waals surface area contributed by atoms with E-state index in [2.05, 4.69) is 27.8 Å². The first-order valence-corrected chi connectivity index (χ1v) is 14.3. The summed E-state index contributed by atoms with van der Waals surface area (Å²) in [6, 6.07) is 7.87. The van der Waals surface area contributed by atoms with Gasteiger partial charge in [-0.1, -0.05) is 6.07 Å². The lowest BCUT2D eigenvalue weighted by atomic mass is 9.87. The van der Waals surface area contributed by atoms with Crippen LogP contribution in [0.2, 0.25) is 0 Å². The minimum Gasteiger partial charge on any atom is -0.396 e. The third-order valence-electron chi connectivity index (χ3n) is 8.32. The SMILES string of the molecule is Cl.NC(CCO)C(=O)N1CCN(C(=O)Nc2ccn(-c3ccc4c(c3)CCC(N[C@H]3CC[C@H](N)C3)C4)c(=O)n2)CC1. The van der Waals surface area contributed by atoms with E-state index in [4.69, 9.17) is 16.6 Å². The number of hydrogen-bond donors (Lipinski definition) is 5. The molecule has 0 spiro atoms. The third-order valence-corrected chi connectivity index (χ3v) is 8.32. The van der Waals surface area contributed by atoms with Crippen molar-refractivity contribution in [3.63, 3.8) is 0 Å². The molecular formula is C28H41ClN8O4. The number of rotatable bonds is 7. The average molecular weight is 589 g/mol. The number of aliphatic hydroxyl groups excluding tert-OH is 1. The first-order valence-electron chi connectivity index (χ1n) is 14.3. The van der Waals surface area contributed by atoms with Crippen LogP contribution >= 0.6 is 12.4 Å². The zero-order valence-corrected chi connectivity index (χ0v) is 24.0. The molecule has 2 aliphatic carbocycles. The van der Waals surface area contributed by atoms with E-state index in [9.17, 15) is 14.4 Å². The summed E-state index contributed by atoms with van der Waals surface area (Å²) in [7, 11) is 0. The molecule has 5 rings (SSSR count). The Morgan fingerprint density at radius 3 is 2.49 bits per heavy atom. The molecule has 13 heteroatoms. The zero-order valence-electron chi connectivity index (χ0n) is 23.2. The van der Waals surface area contributed by atoms with Crippen LogP contribution in [0.25, 0.3) is 5.69 Å². The van der Waals surface area contributed by atoms with Crippen LogP contribution in [-0.4, -0.2) is 93.3 Å². The van der Waals surface area contributed by atoms with Gasteiger partial charge < -0.3 is 31.7 Å². The summed E-state index contributed by atoms with van der Waals surface area (Å²) in [5.41, 5.74) is 14.7. The second kappa shape index (κ2) is 13.8. The number of fused-ring (bicyclic) bond motifs is 1. The molecule has 4 atom stereocenters. The molecule has 1 saturated carbocycles. The van der Waals surface area contributed by atoms with E-state index in [1.807, 2.05) is 6.07 Å². The van der Waals surface area contributed by atoms with Gasteiger partial charge in [0, 0.05) is 57.1 Å². The molecule has 2 aromatic rings. The van der Waals surface area contributed by atoms with Gasteiger partial charge in [0.2, 0.25) is 5.91 Å². The van der Waals surface area contributed by atoms with Gasteiger partial charge in [-0.3, -0.25) is 14.7 Å². The number of urea groups is 1. The maximum absolute atomic E-state index is 12.9. The van der Waals surface area contributed by atoms with Gasteiger partial charge in [-0.15, -0.1) is 12.4 Å². The molecule has 41 heavy (non-hydrogen) atoms. The number of amides is 3. The molecule has 1 aromatic heterocycles. The Morgan fingerprint density at radius 1 is 1.05 bits per heavy atom. The number of carbonyl (C=O) groups is 2. The van der Waals surface area contributed by atoms with Crippen molar-refractivity contribution in [2.24, 2.45) is 11.5 Å². The molecule has 224 valence electrons. The second-order valence-electron chi connectivity index (χ2n) is 11.2. The number of piperazine rings is 1. The largest absolute Gasteiger partial charge is 0.396 e. The van der Waals surface area contributed by atoms with Crippen molar-refractivity contribution in [2.75, 3.05) is 38.1 Å². The van der Waals surface area contributed by atoms with Crippen molar-refractivity contribution in [1.29, 1.82) is 0 Å². The van der Waals surface area contributed by atoms with Crippen molar-refractivity contribution < 1.29 is 14.7 Å². The van der Waals surface area contributed by atoms with Crippen molar-refractivity contribution in [3.8, 4) is 5.69 Å². The minimum atomic E-state index is -0.744. The van der Waals surface area contributed by atoms with Crippen molar-refractivity contribution in [1.82, 2.24) is 24.7 Å². The summed E-state index contributed by atoms with van der Waals surface area (Å²) < 4.78 is 1.49. The van der Waals surface area contributed by atoms with Gasteiger partial charge >= 0.3 is 11.7 Å². The Bertz CT molecular complexity index is 1280. The standard InChI is InChI=1S/C28H40N8O4.ClH/c29-20-3-5-22(17-20)31-21-4-1-19-16-23(6-2-18(19)15-21)36-9-7-25(33-28(36)40)32-27(39)35-12-10-34(11-13-35)26(38)24(30)8-14-37;/h2,6-7,9,16,20-22,24,31,37H,1,3-5,8,10-15,17,29-30H2,(H,32,33,39,40);1H/t20-,21?,22-,24?;/m0./s1. The van der Waals surface area contributed by atoms with Gasteiger partial charge in [0.15, 0.2) is 0 Å². The minimum absolute atomic E-state index is 0. The lowest BCUT2D eigenvalue weighted by molar-refractivity contribution is -0.134. The van der Waals surface area contributed by atoms with Crippen molar-refractivity contribution >= 4 is 30.2 Å². The molecule has 1 saturated heterocycles. The molecule has 3 amide bonds. The van der Waals surface area contributed by atoms with Gasteiger partial charge in [-0.25, -0.2) is 9.59 Å². The Hall–Kier alpha value is -3.03. The van der Waals surface area contributed by atoms with Crippen LogP contribution in [0.3, 0.4) is 0 Å². The number of nitrogens with one attached hydrogen (secondary N) is 2. The number of halogens is 1. The summed E-state index contributed by atoms with van der Waals surface area (Å²) in [6.45, 7) is 1.22. The highest BCUT2D eigenvalue weighted by molar-refractivity contribution is 5.88. The molecule has 12 nitrogen and oxygen atoms in total. The first-order chi connectivity index (χ1) is 19.3. The topological polar surface area (TPSA) is 172 Å². The fourth-order valence-electron chi connectivity index (χ4n) is 6.02. The average Bonchev–Trinajstić information content (AvgIpc) is 3.36. The summed E-state index contributed by atoms with van der Waals surface area (Å²) in [5, 5.41) is 15.5. The first kappa shape index (κ1) is 30.9. The van der Waals surface area contributed by atoms with Crippen LogP contribution in [0, 0.1) is 0 Å². The normalized spacial score (nSPS) is 23.0. The van der Waals surface area contributed by atoms with Crippen LogP contribution in [0.1, 0.15) is 43.2 Å². The van der Waals surface area contributed by atoms with Gasteiger partial charge in [0.25, 0.3) is 0 Å². The number of aromatic nitrogens is 2. The van der Waals surface area contributed by atoms with Crippen LogP contribution in [-0.2, 0) is 17.6 Å². The van der Waals surface area contributed by atoms with E-state index in [1.165, 1.54) is 15.7 Å². The highest BCUT2D eigenvalue weighted by Gasteiger charge is 2.28. The van der Waals surface area contributed by atoms with Crippen LogP contribution in [0.15, 0.2) is 35.3 Å². The molecule has 1 aromatic carbocycles. The second-order valence-corrected chi connectivity index (χ2v) is 11.2. The van der Waals surface area contributed by atoms with E-state index < -0.39 is 11.7 Å². The fraction of sp³-hybridized carbons (Fsp3) is 0.571. The number of anilines is 1. The number of hydrogen-bond acceptors (Lipinski definition) is 8. The van der Waals surface area contributed by atoms with E-state index in [-0.39, 0.29) is 43.2 Å². The lowest BCUT2D eigenvalue weighted by Crippen LogP contribution is -2.55. The van der Waals surface area contributed by atoms with Gasteiger partial charge in [-0.05, 0) is 74.3 Å². The van der Waals surface area contributed by atoms with Crippen LogP contribution in [0.5, 0.6) is 0 Å². The number of nitrogens with zero attached hydrogens (tertiary/aromatic N) is 4. The maximum atomic E-state index is 12.9. The summed E-state index contributed by atoms with van der Waals surface area (Å²) in [4.78, 5) is 45.2. The van der Waals surface area contributed by atoms with Crippen molar-refractivity contribution in [2.45, 2.75) is 69.1 Å². The summed E-state index contributed by atoms with van der Waals surface area (Å²) in [5.74, 6) is -0.0550. The van der Waals surface area contributed by atoms with Gasteiger partial charge in [0.05, 0.1) is 11.7 Å². The van der Waals surface area contributed by atoms with Gasteiger partial charge in [-0.2, -0.15) is 4.98 Å². The molecule has 7 N–H and O–H groups in total. The smallest absolute Gasteiger partial charge is 0.354 e. The van der Waals surface area contributed by atoms with Crippen LogP contribution in [0.4, 0.5) is 10.6 Å². The molecule has 2 heterocycles. The van der Waals surface area contributed by atoms with E-state index in [0.29, 0.717) is 44.3 Å². The number of aryl methyl sites for hydroxylation is 1. The van der Waals surface area contributed by atoms with E-state index in [1.54, 1.807) is 22.1 Å². The Balaban J connectivity index is 0.00000387. The third kappa shape index (κ3) is 7.44. The summed E-state index contributed by atoms with van der Waals surface area (Å²) >= 11 is 0. The molecule has 2 fully saturated rings. The van der Waals surface area contributed by atoms with Crippen LogP contribution < -0.4 is 27.8 Å². The Morgan fingerprint density at radius 2 is 1.80 bits per heavy atom. The predicted molar refractivity (Wildman–Crippen MR) is 158 cm³/mol. The number of nitrogens with two attached hydrogens (primary N) is 2. The Kier molecular flexibility index (Phi) is 10.4. The molecule has 1 aliphatic heterocycles. The fourth-order valence-corrected chi connectivity index (χ4v) is 6.02. The number of carbonyl (C=O) groups excluding carboxylic acids is 2. The predicted octanol–water partition coefficient (Wildman–Crippen LogP) is 0.367. The number of aliphatic hydroxyl groups is 1. The molecule has 0 radical (unpaired) electrons. The Labute approximate surface area is 245 Å².